The Morgan fingerprint density at radius 3 is 2.44 bits per heavy atom. The molecule has 9 heavy (non-hydrogen) atoms. The molecular weight excluding hydrogens is 110 g/mol. The van der Waals surface area contributed by atoms with Gasteiger partial charge in [0, 0.05) is 6.42 Å². The largest absolute Gasteiger partial charge is 0.320 e. The van der Waals surface area contributed by atoms with Crippen molar-refractivity contribution in [3.63, 3.8) is 0 Å². The van der Waals surface area contributed by atoms with Crippen LogP contribution in [0.25, 0.3) is 0 Å². The molecule has 0 saturated heterocycles. The quantitative estimate of drug-likeness (QED) is 0.554. The molecule has 1 heteroatoms. The minimum absolute atomic E-state index is 0.498. The predicted molar refractivity (Wildman–Crippen MR) is 40.9 cm³/mol. The molecule has 0 saturated carbocycles. The highest BCUT2D eigenvalue weighted by molar-refractivity contribution is 4.99. The summed E-state index contributed by atoms with van der Waals surface area (Å²) in [6.07, 6.45) is 2.18. The Morgan fingerprint density at radius 1 is 1.33 bits per heavy atom. The fraction of sp³-hybridized carbons (Fsp3) is 0.750. The van der Waals surface area contributed by atoms with Gasteiger partial charge in [-0.25, -0.2) is 0 Å². The van der Waals surface area contributed by atoms with Crippen molar-refractivity contribution in [1.82, 2.24) is 0 Å². The van der Waals surface area contributed by atoms with E-state index in [4.69, 9.17) is 5.73 Å². The number of hydrogen-bond acceptors (Lipinski definition) is 1. The first-order chi connectivity index (χ1) is 4.27. The molecule has 2 N–H and O–H groups in total. The van der Waals surface area contributed by atoms with Crippen LogP contribution in [0.4, 0.5) is 0 Å². The third-order valence-corrected chi connectivity index (χ3v) is 1.07. The van der Waals surface area contributed by atoms with Gasteiger partial charge in [-0.3, -0.25) is 0 Å². The number of hydrogen-bond donors (Lipinski definition) is 1. The maximum atomic E-state index is 5.17. The molecule has 0 aromatic heterocycles. The van der Waals surface area contributed by atoms with Gasteiger partial charge in [-0.15, -0.1) is 5.92 Å². The molecule has 1 nitrogen and oxygen atoms in total. The second-order valence-electron chi connectivity index (χ2n) is 2.49. The van der Waals surface area contributed by atoms with Gasteiger partial charge in [0.15, 0.2) is 0 Å². The van der Waals surface area contributed by atoms with E-state index in [1.165, 1.54) is 6.42 Å². The van der Waals surface area contributed by atoms with E-state index in [1.54, 1.807) is 0 Å². The summed E-state index contributed by atoms with van der Waals surface area (Å²) in [6.45, 7) is 4.90. The maximum Gasteiger partial charge on any atom is 0.0551 e. The Balaban J connectivity index is 3.09. The molecule has 0 aromatic carbocycles. The lowest BCUT2D eigenvalue weighted by Gasteiger charge is -1.96. The average molecular weight is 125 g/mol. The molecule has 0 fully saturated rings. The van der Waals surface area contributed by atoms with Gasteiger partial charge in [0.05, 0.1) is 6.54 Å². The second-order valence-corrected chi connectivity index (χ2v) is 2.49. The van der Waals surface area contributed by atoms with Crippen molar-refractivity contribution in [3.8, 4) is 11.8 Å². The van der Waals surface area contributed by atoms with Crippen LogP contribution in [0.15, 0.2) is 0 Å². The van der Waals surface area contributed by atoms with Crippen LogP contribution >= 0.6 is 0 Å². The van der Waals surface area contributed by atoms with Crippen molar-refractivity contribution in [1.29, 1.82) is 0 Å². The summed E-state index contributed by atoms with van der Waals surface area (Å²) in [7, 11) is 0. The molecule has 52 valence electrons. The third kappa shape index (κ3) is 7.52. The minimum Gasteiger partial charge on any atom is -0.320 e. The molecule has 0 heterocycles. The molecule has 0 amide bonds. The van der Waals surface area contributed by atoms with Gasteiger partial charge < -0.3 is 5.73 Å². The zero-order valence-electron chi connectivity index (χ0n) is 6.28. The number of rotatable bonds is 2. The summed E-state index contributed by atoms with van der Waals surface area (Å²) in [5.74, 6) is 6.58. The third-order valence-electron chi connectivity index (χ3n) is 1.07. The Kier molecular flexibility index (Phi) is 5.35. The normalized spacial score (nSPS) is 8.89. The zero-order valence-corrected chi connectivity index (χ0v) is 6.28. The van der Waals surface area contributed by atoms with E-state index >= 15 is 0 Å². The van der Waals surface area contributed by atoms with Crippen LogP contribution in [0.3, 0.4) is 0 Å². The summed E-state index contributed by atoms with van der Waals surface area (Å²) in [6, 6.07) is 0. The Morgan fingerprint density at radius 2 is 2.00 bits per heavy atom. The van der Waals surface area contributed by atoms with Gasteiger partial charge in [-0.2, -0.15) is 0 Å². The first-order valence-corrected chi connectivity index (χ1v) is 3.43. The van der Waals surface area contributed by atoms with Crippen LogP contribution in [0.2, 0.25) is 0 Å². The van der Waals surface area contributed by atoms with Crippen molar-refractivity contribution in [2.45, 2.75) is 26.7 Å². The lowest BCUT2D eigenvalue weighted by molar-refractivity contribution is 0.599. The van der Waals surface area contributed by atoms with E-state index < -0.39 is 0 Å². The molecule has 0 aliphatic heterocycles. The summed E-state index contributed by atoms with van der Waals surface area (Å²) in [5, 5.41) is 0. The van der Waals surface area contributed by atoms with Gasteiger partial charge in [-0.05, 0) is 12.3 Å². The first kappa shape index (κ1) is 8.52. The van der Waals surface area contributed by atoms with Crippen LogP contribution in [-0.4, -0.2) is 6.54 Å². The second kappa shape index (κ2) is 5.65. The smallest absolute Gasteiger partial charge is 0.0551 e. The number of nitrogens with two attached hydrogens (primary N) is 1. The lowest BCUT2D eigenvalue weighted by Crippen LogP contribution is -1.93. The zero-order chi connectivity index (χ0) is 7.11. The molecule has 0 rings (SSSR count). The van der Waals surface area contributed by atoms with E-state index in [-0.39, 0.29) is 0 Å². The van der Waals surface area contributed by atoms with Crippen molar-refractivity contribution < 1.29 is 0 Å². The van der Waals surface area contributed by atoms with Crippen LogP contribution < -0.4 is 5.73 Å². The summed E-state index contributed by atoms with van der Waals surface area (Å²) < 4.78 is 0. The van der Waals surface area contributed by atoms with Gasteiger partial charge in [0.1, 0.15) is 0 Å². The van der Waals surface area contributed by atoms with E-state index in [2.05, 4.69) is 25.7 Å². The van der Waals surface area contributed by atoms with Gasteiger partial charge in [0.25, 0.3) is 0 Å². The van der Waals surface area contributed by atoms with E-state index in [1.807, 2.05) is 0 Å². The minimum atomic E-state index is 0.498. The molecule has 0 spiro atoms. The fourth-order valence-electron chi connectivity index (χ4n) is 0.521. The molecular formula is C8H15N. The van der Waals surface area contributed by atoms with Gasteiger partial charge >= 0.3 is 0 Å². The Labute approximate surface area is 57.6 Å². The van der Waals surface area contributed by atoms with Crippen LogP contribution in [0.5, 0.6) is 0 Å². The van der Waals surface area contributed by atoms with Crippen LogP contribution in [0.1, 0.15) is 26.7 Å². The maximum absolute atomic E-state index is 5.17. The molecule has 0 aliphatic carbocycles. The molecule has 0 unspecified atom stereocenters. The Bertz CT molecular complexity index is 105. The van der Waals surface area contributed by atoms with E-state index in [0.29, 0.717) is 6.54 Å². The van der Waals surface area contributed by atoms with E-state index in [0.717, 1.165) is 12.3 Å². The summed E-state index contributed by atoms with van der Waals surface area (Å²) in [4.78, 5) is 0. The van der Waals surface area contributed by atoms with Crippen molar-refractivity contribution in [2.75, 3.05) is 6.54 Å². The molecule has 0 aliphatic rings. The summed E-state index contributed by atoms with van der Waals surface area (Å²) in [5.41, 5.74) is 5.17. The first-order valence-electron chi connectivity index (χ1n) is 3.43. The van der Waals surface area contributed by atoms with Crippen LogP contribution in [0, 0.1) is 17.8 Å². The standard InChI is InChI=1S/C8H15N/c1-8(2)6-4-3-5-7-9/h8H,4,6-7,9H2,1-2H3. The van der Waals surface area contributed by atoms with Gasteiger partial charge in [0.2, 0.25) is 0 Å². The highest BCUT2D eigenvalue weighted by Crippen LogP contribution is 2.00. The highest BCUT2D eigenvalue weighted by Gasteiger charge is 1.88. The van der Waals surface area contributed by atoms with E-state index in [9.17, 15) is 0 Å². The Hall–Kier alpha value is -0.480. The predicted octanol–water partition coefficient (Wildman–Crippen LogP) is 1.38. The molecule has 0 atom stereocenters. The fourth-order valence-corrected chi connectivity index (χ4v) is 0.521. The highest BCUT2D eigenvalue weighted by atomic mass is 14.5. The average Bonchev–Trinajstić information content (AvgIpc) is 1.80. The molecule has 0 bridgehead atoms. The van der Waals surface area contributed by atoms with Crippen molar-refractivity contribution >= 4 is 0 Å². The van der Waals surface area contributed by atoms with Gasteiger partial charge in [-0.1, -0.05) is 19.8 Å². The summed E-state index contributed by atoms with van der Waals surface area (Å²) >= 11 is 0. The SMILES string of the molecule is CC(C)CCC#CCN. The lowest BCUT2D eigenvalue weighted by atomic mass is 10.1. The van der Waals surface area contributed by atoms with Crippen LogP contribution in [-0.2, 0) is 0 Å². The monoisotopic (exact) mass is 125 g/mol. The molecule has 0 radical (unpaired) electrons. The van der Waals surface area contributed by atoms with Crippen molar-refractivity contribution in [2.24, 2.45) is 11.7 Å². The molecule has 0 aromatic rings. The topological polar surface area (TPSA) is 26.0 Å². The van der Waals surface area contributed by atoms with Crippen molar-refractivity contribution in [3.05, 3.63) is 0 Å².